The first-order valence-corrected chi connectivity index (χ1v) is 9.19. The van der Waals surface area contributed by atoms with Crippen LogP contribution in [-0.4, -0.2) is 55.2 Å². The Kier molecular flexibility index (Phi) is 3.54. The van der Waals surface area contributed by atoms with Gasteiger partial charge in [0.15, 0.2) is 0 Å². The fourth-order valence-electron chi connectivity index (χ4n) is 2.88. The smallest absolute Gasteiger partial charge is 0.323 e. The van der Waals surface area contributed by atoms with Gasteiger partial charge in [-0.05, 0) is 31.9 Å². The maximum absolute atomic E-state index is 12.6. The largest absolute Gasteiger partial charge is 0.324 e. The van der Waals surface area contributed by atoms with Crippen LogP contribution in [0.15, 0.2) is 16.3 Å². The molecule has 120 valence electrons. The van der Waals surface area contributed by atoms with Crippen LogP contribution in [0.25, 0.3) is 0 Å². The van der Waals surface area contributed by atoms with Crippen molar-refractivity contribution in [3.8, 4) is 0 Å². The third-order valence-electron chi connectivity index (χ3n) is 4.25. The molecule has 3 heterocycles. The van der Waals surface area contributed by atoms with E-state index in [2.05, 4.69) is 5.32 Å². The molecule has 0 atom stereocenters. The Hall–Kier alpha value is -1.45. The van der Waals surface area contributed by atoms with Gasteiger partial charge in [-0.1, -0.05) is 0 Å². The summed E-state index contributed by atoms with van der Waals surface area (Å²) in [6.45, 7) is 2.30. The molecule has 2 fully saturated rings. The number of sulfonamides is 1. The molecule has 1 aromatic heterocycles. The summed E-state index contributed by atoms with van der Waals surface area (Å²) in [5, 5.41) is 2.70. The lowest BCUT2D eigenvalue weighted by Gasteiger charge is -2.36. The maximum atomic E-state index is 12.6. The summed E-state index contributed by atoms with van der Waals surface area (Å²) >= 11 is 1.24. The van der Waals surface area contributed by atoms with E-state index in [0.29, 0.717) is 17.1 Å². The van der Waals surface area contributed by atoms with Crippen LogP contribution >= 0.6 is 11.3 Å². The molecule has 1 aromatic rings. The quantitative estimate of drug-likeness (QED) is 0.803. The lowest BCUT2D eigenvalue weighted by atomic mass is 9.88. The normalized spacial score (nSPS) is 22.4. The Morgan fingerprint density at radius 2 is 1.86 bits per heavy atom. The van der Waals surface area contributed by atoms with E-state index in [9.17, 15) is 18.0 Å². The first kappa shape index (κ1) is 15.4. The van der Waals surface area contributed by atoms with Crippen LogP contribution in [0, 0.1) is 6.92 Å². The van der Waals surface area contributed by atoms with Crippen LogP contribution in [0.3, 0.4) is 0 Å². The Bertz CT molecular complexity index is 732. The van der Waals surface area contributed by atoms with Gasteiger partial charge in [-0.15, -0.1) is 11.3 Å². The molecule has 2 aliphatic rings. The van der Waals surface area contributed by atoms with Crippen LogP contribution < -0.4 is 5.32 Å². The summed E-state index contributed by atoms with van der Waals surface area (Å²) in [6, 6.07) is 2.96. The molecule has 3 rings (SSSR count). The number of carbonyl (C=O) groups is 2. The predicted molar refractivity (Wildman–Crippen MR) is 81.1 cm³/mol. The highest BCUT2D eigenvalue weighted by Crippen LogP contribution is 2.32. The molecule has 0 radical (unpaired) electrons. The average molecular weight is 343 g/mol. The number of carbonyl (C=O) groups excluding carboxylic acids is 2. The van der Waals surface area contributed by atoms with E-state index in [4.69, 9.17) is 0 Å². The molecule has 9 heteroatoms. The highest BCUT2D eigenvalue weighted by molar-refractivity contribution is 7.91. The molecule has 3 amide bonds. The van der Waals surface area contributed by atoms with Crippen LogP contribution in [0.4, 0.5) is 4.79 Å². The molecular formula is C13H17N3O4S2. The third-order valence-corrected chi connectivity index (χ3v) is 7.62. The second-order valence-electron chi connectivity index (χ2n) is 5.65. The van der Waals surface area contributed by atoms with Gasteiger partial charge in [0.25, 0.3) is 15.9 Å². The van der Waals surface area contributed by atoms with E-state index in [1.54, 1.807) is 12.1 Å². The van der Waals surface area contributed by atoms with E-state index in [1.807, 2.05) is 6.92 Å². The highest BCUT2D eigenvalue weighted by Gasteiger charge is 2.52. The number of urea groups is 1. The van der Waals surface area contributed by atoms with E-state index in [1.165, 1.54) is 22.7 Å². The van der Waals surface area contributed by atoms with Gasteiger partial charge in [-0.2, -0.15) is 4.31 Å². The number of rotatable bonds is 2. The van der Waals surface area contributed by atoms with Crippen molar-refractivity contribution in [2.24, 2.45) is 0 Å². The van der Waals surface area contributed by atoms with E-state index >= 15 is 0 Å². The Balaban J connectivity index is 1.78. The van der Waals surface area contributed by atoms with Crippen molar-refractivity contribution >= 4 is 33.3 Å². The third kappa shape index (κ3) is 2.24. The second-order valence-corrected chi connectivity index (χ2v) is 9.10. The second kappa shape index (κ2) is 5.04. The number of nitrogens with zero attached hydrogens (tertiary/aromatic N) is 2. The molecule has 0 unspecified atom stereocenters. The van der Waals surface area contributed by atoms with Crippen molar-refractivity contribution in [2.45, 2.75) is 29.5 Å². The van der Waals surface area contributed by atoms with Crippen molar-refractivity contribution < 1.29 is 18.0 Å². The zero-order valence-corrected chi connectivity index (χ0v) is 14.0. The minimum atomic E-state index is -3.52. The Morgan fingerprint density at radius 3 is 2.32 bits per heavy atom. The molecule has 0 aromatic carbocycles. The van der Waals surface area contributed by atoms with Crippen molar-refractivity contribution in [3.05, 3.63) is 17.0 Å². The molecule has 1 spiro atoms. The molecular weight excluding hydrogens is 326 g/mol. The molecule has 2 saturated heterocycles. The van der Waals surface area contributed by atoms with Crippen molar-refractivity contribution in [1.82, 2.24) is 14.5 Å². The van der Waals surface area contributed by atoms with Crippen molar-refractivity contribution in [3.63, 3.8) is 0 Å². The standard InChI is InChI=1S/C13H17N3O4S2/c1-9-3-4-10(21-9)22(19,20)16-7-5-13(6-8-16)11(17)15(2)12(18)14-13/h3-4H,5-8H2,1-2H3,(H,14,18). The minimum Gasteiger partial charge on any atom is -0.323 e. The molecule has 0 bridgehead atoms. The van der Waals surface area contributed by atoms with Crippen LogP contribution in [0.2, 0.25) is 0 Å². The first-order chi connectivity index (χ1) is 10.3. The fourth-order valence-corrected chi connectivity index (χ4v) is 5.76. The SMILES string of the molecule is Cc1ccc(S(=O)(=O)N2CCC3(CC2)NC(=O)N(C)C3=O)s1. The Morgan fingerprint density at radius 1 is 1.23 bits per heavy atom. The monoisotopic (exact) mass is 343 g/mol. The maximum Gasteiger partial charge on any atom is 0.324 e. The summed E-state index contributed by atoms with van der Waals surface area (Å²) in [5.41, 5.74) is -0.941. The number of nitrogens with one attached hydrogen (secondary N) is 1. The van der Waals surface area contributed by atoms with Crippen LogP contribution in [0.5, 0.6) is 0 Å². The van der Waals surface area contributed by atoms with Crippen molar-refractivity contribution in [2.75, 3.05) is 20.1 Å². The zero-order valence-electron chi connectivity index (χ0n) is 12.3. The number of piperidine rings is 1. The average Bonchev–Trinajstić information content (AvgIpc) is 3.00. The summed E-state index contributed by atoms with van der Waals surface area (Å²) in [5.74, 6) is -0.276. The number of hydrogen-bond acceptors (Lipinski definition) is 5. The van der Waals surface area contributed by atoms with Gasteiger partial charge >= 0.3 is 6.03 Å². The van der Waals surface area contributed by atoms with E-state index < -0.39 is 21.6 Å². The zero-order chi connectivity index (χ0) is 16.1. The molecule has 22 heavy (non-hydrogen) atoms. The lowest BCUT2D eigenvalue weighted by molar-refractivity contribution is -0.131. The highest BCUT2D eigenvalue weighted by atomic mass is 32.2. The van der Waals surface area contributed by atoms with Gasteiger partial charge in [0.1, 0.15) is 9.75 Å². The molecule has 2 aliphatic heterocycles. The molecule has 0 aliphatic carbocycles. The number of aryl methyl sites for hydroxylation is 1. The van der Waals surface area contributed by atoms with Gasteiger partial charge in [0, 0.05) is 25.0 Å². The topological polar surface area (TPSA) is 86.8 Å². The van der Waals surface area contributed by atoms with Gasteiger partial charge in [-0.3, -0.25) is 9.69 Å². The summed E-state index contributed by atoms with van der Waals surface area (Å²) < 4.78 is 26.8. The summed E-state index contributed by atoms with van der Waals surface area (Å²) in [6.07, 6.45) is 0.594. The number of hydrogen-bond donors (Lipinski definition) is 1. The minimum absolute atomic E-state index is 0.221. The number of likely N-dealkylation sites (N-methyl/N-ethyl adjacent to an activating group) is 1. The molecule has 1 N–H and O–H groups in total. The van der Waals surface area contributed by atoms with Crippen molar-refractivity contribution in [1.29, 1.82) is 0 Å². The summed E-state index contributed by atoms with van der Waals surface area (Å²) in [7, 11) is -2.08. The number of imide groups is 1. The molecule has 7 nitrogen and oxygen atoms in total. The lowest BCUT2D eigenvalue weighted by Crippen LogP contribution is -2.55. The van der Waals surface area contributed by atoms with E-state index in [-0.39, 0.29) is 19.0 Å². The van der Waals surface area contributed by atoms with Gasteiger partial charge in [-0.25, -0.2) is 13.2 Å². The summed E-state index contributed by atoms with van der Waals surface area (Å²) in [4.78, 5) is 25.8. The van der Waals surface area contributed by atoms with Gasteiger partial charge in [0.05, 0.1) is 0 Å². The van der Waals surface area contributed by atoms with Gasteiger partial charge < -0.3 is 5.32 Å². The Labute approximate surface area is 132 Å². The van der Waals surface area contributed by atoms with Crippen LogP contribution in [-0.2, 0) is 14.8 Å². The predicted octanol–water partition coefficient (Wildman–Crippen LogP) is 0.761. The van der Waals surface area contributed by atoms with E-state index in [0.717, 1.165) is 9.78 Å². The first-order valence-electron chi connectivity index (χ1n) is 6.93. The fraction of sp³-hybridized carbons (Fsp3) is 0.538. The van der Waals surface area contributed by atoms with Gasteiger partial charge in [0.2, 0.25) is 0 Å². The number of amides is 3. The number of thiophene rings is 1. The van der Waals surface area contributed by atoms with Crippen LogP contribution in [0.1, 0.15) is 17.7 Å². The molecule has 0 saturated carbocycles.